The number of benzene rings is 3. The molecule has 1 aliphatic rings. The van der Waals surface area contributed by atoms with Gasteiger partial charge < -0.3 is 9.47 Å². The minimum atomic E-state index is 0.113. The molecule has 4 rings (SSSR count). The number of ether oxygens (including phenoxy) is 2. The number of rotatable bonds is 7. The van der Waals surface area contributed by atoms with Gasteiger partial charge in [0.25, 0.3) is 0 Å². The zero-order valence-corrected chi connectivity index (χ0v) is 18.2. The van der Waals surface area contributed by atoms with Crippen molar-refractivity contribution in [1.82, 2.24) is 4.90 Å². The molecule has 0 aromatic heterocycles. The van der Waals surface area contributed by atoms with Crippen molar-refractivity contribution >= 4 is 5.78 Å². The Morgan fingerprint density at radius 1 is 0.969 bits per heavy atom. The van der Waals surface area contributed by atoms with E-state index < -0.39 is 0 Å². The summed E-state index contributed by atoms with van der Waals surface area (Å²) >= 11 is 0. The number of Topliss-reactive ketones (excluding diaryl/α,β-unsaturated/α-hetero) is 1. The topological polar surface area (TPSA) is 62.6 Å². The van der Waals surface area contributed by atoms with Gasteiger partial charge in [-0.3, -0.25) is 9.69 Å². The van der Waals surface area contributed by atoms with E-state index in [1.165, 1.54) is 0 Å². The minimum absolute atomic E-state index is 0.113. The second-order valence-corrected chi connectivity index (χ2v) is 7.96. The van der Waals surface area contributed by atoms with Gasteiger partial charge in [0.2, 0.25) is 0 Å². The predicted molar refractivity (Wildman–Crippen MR) is 124 cm³/mol. The first-order chi connectivity index (χ1) is 15.6. The van der Waals surface area contributed by atoms with E-state index in [1.54, 1.807) is 13.2 Å². The van der Waals surface area contributed by atoms with Crippen LogP contribution in [-0.2, 0) is 0 Å². The van der Waals surface area contributed by atoms with Gasteiger partial charge in [-0.2, -0.15) is 5.26 Å². The molecule has 1 fully saturated rings. The summed E-state index contributed by atoms with van der Waals surface area (Å²) in [7, 11) is 1.61. The Balaban J connectivity index is 1.27. The van der Waals surface area contributed by atoms with E-state index >= 15 is 0 Å². The molecule has 0 atom stereocenters. The van der Waals surface area contributed by atoms with Crippen LogP contribution in [0.1, 0.15) is 28.8 Å². The van der Waals surface area contributed by atoms with Crippen molar-refractivity contribution in [3.63, 3.8) is 0 Å². The molecule has 0 bridgehead atoms. The van der Waals surface area contributed by atoms with Crippen molar-refractivity contribution < 1.29 is 14.3 Å². The molecule has 1 aliphatic heterocycles. The van der Waals surface area contributed by atoms with E-state index in [0.717, 1.165) is 42.8 Å². The quantitative estimate of drug-likeness (QED) is 0.500. The fourth-order valence-corrected chi connectivity index (χ4v) is 3.93. The maximum absolute atomic E-state index is 12.6. The van der Waals surface area contributed by atoms with Crippen molar-refractivity contribution in [3.8, 4) is 28.7 Å². The van der Waals surface area contributed by atoms with E-state index in [0.29, 0.717) is 23.4 Å². The molecule has 3 aromatic rings. The molecule has 0 aliphatic carbocycles. The van der Waals surface area contributed by atoms with Crippen molar-refractivity contribution in [3.05, 3.63) is 83.9 Å². The van der Waals surface area contributed by atoms with Crippen LogP contribution < -0.4 is 9.47 Å². The summed E-state index contributed by atoms with van der Waals surface area (Å²) < 4.78 is 11.4. The number of hydrogen-bond donors (Lipinski definition) is 0. The van der Waals surface area contributed by atoms with Crippen molar-refractivity contribution in [2.24, 2.45) is 0 Å². The summed E-state index contributed by atoms with van der Waals surface area (Å²) in [5.74, 6) is 1.67. The molecule has 0 saturated carbocycles. The van der Waals surface area contributed by atoms with Crippen molar-refractivity contribution in [2.75, 3.05) is 26.7 Å². The van der Waals surface area contributed by atoms with E-state index in [1.807, 2.05) is 66.7 Å². The van der Waals surface area contributed by atoms with Gasteiger partial charge in [-0.1, -0.05) is 36.4 Å². The highest BCUT2D eigenvalue weighted by atomic mass is 16.5. The van der Waals surface area contributed by atoms with Crippen LogP contribution in [0.25, 0.3) is 11.1 Å². The summed E-state index contributed by atoms with van der Waals surface area (Å²) in [4.78, 5) is 14.8. The number of likely N-dealkylation sites (tertiary alicyclic amines) is 1. The highest BCUT2D eigenvalue weighted by Crippen LogP contribution is 2.25. The number of nitrogens with zero attached hydrogens (tertiary/aromatic N) is 2. The van der Waals surface area contributed by atoms with Crippen LogP contribution >= 0.6 is 0 Å². The lowest BCUT2D eigenvalue weighted by Crippen LogP contribution is -2.40. The van der Waals surface area contributed by atoms with Crippen LogP contribution in [0.15, 0.2) is 72.8 Å². The zero-order chi connectivity index (χ0) is 22.3. The fourth-order valence-electron chi connectivity index (χ4n) is 3.93. The van der Waals surface area contributed by atoms with Gasteiger partial charge in [-0.25, -0.2) is 0 Å². The lowest BCUT2D eigenvalue weighted by molar-refractivity contribution is 0.0790. The van der Waals surface area contributed by atoms with Crippen LogP contribution in [-0.4, -0.2) is 43.5 Å². The van der Waals surface area contributed by atoms with Crippen LogP contribution in [0, 0.1) is 11.3 Å². The number of ketones is 1. The Kier molecular flexibility index (Phi) is 6.84. The molecule has 1 saturated heterocycles. The number of piperidine rings is 1. The van der Waals surface area contributed by atoms with Gasteiger partial charge in [0.15, 0.2) is 5.78 Å². The van der Waals surface area contributed by atoms with E-state index in [4.69, 9.17) is 14.7 Å². The lowest BCUT2D eigenvalue weighted by atomic mass is 10.0. The summed E-state index contributed by atoms with van der Waals surface area (Å²) in [6.45, 7) is 2.09. The Morgan fingerprint density at radius 3 is 2.25 bits per heavy atom. The fraction of sp³-hybridized carbons (Fsp3) is 0.259. The summed E-state index contributed by atoms with van der Waals surface area (Å²) in [6.07, 6.45) is 1.94. The molecule has 32 heavy (non-hydrogen) atoms. The van der Waals surface area contributed by atoms with Crippen LogP contribution in [0.5, 0.6) is 11.5 Å². The molecule has 5 nitrogen and oxygen atoms in total. The average Bonchev–Trinajstić information content (AvgIpc) is 2.86. The van der Waals surface area contributed by atoms with Gasteiger partial charge in [0.1, 0.15) is 17.6 Å². The first-order valence-electron chi connectivity index (χ1n) is 10.8. The Bertz CT molecular complexity index is 1090. The number of hydrogen-bond acceptors (Lipinski definition) is 5. The summed E-state index contributed by atoms with van der Waals surface area (Å²) in [5.41, 5.74) is 3.51. The predicted octanol–water partition coefficient (Wildman–Crippen LogP) is 4.96. The third-order valence-electron chi connectivity index (χ3n) is 5.80. The summed E-state index contributed by atoms with van der Waals surface area (Å²) in [6, 6.07) is 25.1. The molecule has 3 aromatic carbocycles. The minimum Gasteiger partial charge on any atom is -0.497 e. The second kappa shape index (κ2) is 10.1. The molecular formula is C27H26N2O3. The molecule has 0 N–H and O–H groups in total. The van der Waals surface area contributed by atoms with Crippen LogP contribution in [0.2, 0.25) is 0 Å². The van der Waals surface area contributed by atoms with Gasteiger partial charge in [0.05, 0.1) is 25.3 Å². The third-order valence-corrected chi connectivity index (χ3v) is 5.80. The number of nitriles is 1. The molecule has 0 amide bonds. The van der Waals surface area contributed by atoms with Gasteiger partial charge >= 0.3 is 0 Å². The number of carbonyl (C=O) groups is 1. The maximum atomic E-state index is 12.6. The number of carbonyl (C=O) groups excluding carboxylic acids is 1. The maximum Gasteiger partial charge on any atom is 0.176 e. The molecule has 0 unspecified atom stereocenters. The second-order valence-electron chi connectivity index (χ2n) is 7.96. The molecule has 5 heteroatoms. The standard InChI is InChI=1S/C27H26N2O3/c1-31-26-4-2-3-23(17-26)27(30)19-29-15-13-25(14-16-29)32-24-11-9-22(10-12-24)21-7-5-20(18-28)6-8-21/h2-12,17,25H,13-16,19H2,1H3. The zero-order valence-electron chi connectivity index (χ0n) is 18.2. The molecular weight excluding hydrogens is 400 g/mol. The normalized spacial score (nSPS) is 14.5. The highest BCUT2D eigenvalue weighted by Gasteiger charge is 2.22. The van der Waals surface area contributed by atoms with Crippen molar-refractivity contribution in [1.29, 1.82) is 5.26 Å². The Morgan fingerprint density at radius 2 is 1.62 bits per heavy atom. The van der Waals surface area contributed by atoms with Crippen molar-refractivity contribution in [2.45, 2.75) is 18.9 Å². The highest BCUT2D eigenvalue weighted by molar-refractivity contribution is 5.97. The molecule has 0 spiro atoms. The lowest BCUT2D eigenvalue weighted by Gasteiger charge is -2.31. The molecule has 1 heterocycles. The van der Waals surface area contributed by atoms with Gasteiger partial charge in [0, 0.05) is 18.7 Å². The van der Waals surface area contributed by atoms with Crippen LogP contribution in [0.3, 0.4) is 0 Å². The Hall–Kier alpha value is -3.62. The van der Waals surface area contributed by atoms with E-state index in [2.05, 4.69) is 11.0 Å². The smallest absolute Gasteiger partial charge is 0.176 e. The van der Waals surface area contributed by atoms with Crippen LogP contribution in [0.4, 0.5) is 0 Å². The molecule has 0 radical (unpaired) electrons. The number of methoxy groups -OCH3 is 1. The van der Waals surface area contributed by atoms with E-state index in [-0.39, 0.29) is 11.9 Å². The van der Waals surface area contributed by atoms with Gasteiger partial charge in [-0.05, 0) is 60.4 Å². The first kappa shape index (κ1) is 21.6. The first-order valence-corrected chi connectivity index (χ1v) is 10.8. The van der Waals surface area contributed by atoms with E-state index in [9.17, 15) is 4.79 Å². The average molecular weight is 427 g/mol. The SMILES string of the molecule is COc1cccc(C(=O)CN2CCC(Oc3ccc(-c4ccc(C#N)cc4)cc3)CC2)c1. The molecule has 162 valence electrons. The largest absolute Gasteiger partial charge is 0.497 e. The Labute approximate surface area is 188 Å². The monoisotopic (exact) mass is 426 g/mol. The summed E-state index contributed by atoms with van der Waals surface area (Å²) in [5, 5.41) is 8.93. The van der Waals surface area contributed by atoms with Gasteiger partial charge in [-0.15, -0.1) is 0 Å². The third kappa shape index (κ3) is 5.35.